The van der Waals surface area contributed by atoms with Crippen molar-refractivity contribution in [2.24, 2.45) is 28.6 Å². The Kier molecular flexibility index (Phi) is 3.14. The Hall–Kier alpha value is -1.32. The number of carbonyl (C=O) groups is 1. The first-order valence-electron chi connectivity index (χ1n) is 10.2. The molecule has 2 aliphatic heterocycles. The predicted molar refractivity (Wildman–Crippen MR) is 105 cm³/mol. The van der Waals surface area contributed by atoms with Gasteiger partial charge in [-0.05, 0) is 36.2 Å². The Morgan fingerprint density at radius 1 is 1.28 bits per heavy atom. The topological polar surface area (TPSA) is 126 Å². The van der Waals surface area contributed by atoms with E-state index < -0.39 is 40.7 Å². The molecule has 2 saturated heterocycles. The van der Waals surface area contributed by atoms with Gasteiger partial charge >= 0.3 is 0 Å². The molecule has 5 fully saturated rings. The number of Topliss-reactive ketones (excluding diaryl/α,β-unsaturated/α-hetero) is 1. The molecule has 8 heteroatoms. The maximum atomic E-state index is 13.6. The molecule has 4 aliphatic carbocycles. The number of hydrogen-bond donors (Lipinski definition) is 4. The summed E-state index contributed by atoms with van der Waals surface area (Å²) in [4.78, 5) is 19.3. The van der Waals surface area contributed by atoms with Crippen molar-refractivity contribution in [1.29, 1.82) is 0 Å². The lowest BCUT2D eigenvalue weighted by Gasteiger charge is -2.73. The van der Waals surface area contributed by atoms with Crippen LogP contribution in [0, 0.1) is 28.6 Å². The summed E-state index contributed by atoms with van der Waals surface area (Å²) < 4.78 is 5.98. The summed E-state index contributed by atoms with van der Waals surface area (Å²) in [5.41, 5.74) is 4.43. The number of aliphatic hydroxyl groups is 3. The quantitative estimate of drug-likeness (QED) is 0.459. The number of ketones is 1. The number of rotatable bonds is 0. The van der Waals surface area contributed by atoms with Gasteiger partial charge in [0.1, 0.15) is 11.5 Å². The number of fused-ring (bicyclic) bond motifs is 3. The standard InChI is InChI=1S/C21H26N2O5S/c1-8-9-4-5-11-19-7-28-21(27,20(11,14(8)24)15(9)25)16(26)12(19)18(2,3)6-10-13(19)23-17(22)29-10/h9,11-12,15-16,25-27H,1,4-7H2,2-3H3,(H2,22,23)/t9-,11-,12+,15+,16-,19-,20-,21-/m0/s1. The van der Waals surface area contributed by atoms with Crippen LogP contribution in [0.1, 0.15) is 37.3 Å². The van der Waals surface area contributed by atoms with E-state index in [0.29, 0.717) is 30.0 Å². The van der Waals surface area contributed by atoms with E-state index in [-0.39, 0.29) is 23.7 Å². The van der Waals surface area contributed by atoms with E-state index in [1.165, 1.54) is 11.3 Å². The van der Waals surface area contributed by atoms with E-state index >= 15 is 0 Å². The van der Waals surface area contributed by atoms with Gasteiger partial charge in [0, 0.05) is 22.1 Å². The number of hydrogen-bond acceptors (Lipinski definition) is 8. The highest BCUT2D eigenvalue weighted by Crippen LogP contribution is 2.75. The number of aliphatic hydroxyl groups excluding tert-OH is 2. The zero-order chi connectivity index (χ0) is 20.7. The normalized spacial score (nSPS) is 51.6. The first-order chi connectivity index (χ1) is 13.5. The van der Waals surface area contributed by atoms with Gasteiger partial charge in [0.05, 0.1) is 18.4 Å². The summed E-state index contributed by atoms with van der Waals surface area (Å²) in [5, 5.41) is 35.2. The largest absolute Gasteiger partial charge is 0.391 e. The molecule has 3 saturated carbocycles. The van der Waals surface area contributed by atoms with Gasteiger partial charge in [-0.1, -0.05) is 20.4 Å². The summed E-state index contributed by atoms with van der Waals surface area (Å²) >= 11 is 1.44. The third-order valence-electron chi connectivity index (χ3n) is 8.91. The van der Waals surface area contributed by atoms with Gasteiger partial charge in [0.25, 0.3) is 0 Å². The lowest BCUT2D eigenvalue weighted by atomic mass is 9.36. The monoisotopic (exact) mass is 418 g/mol. The van der Waals surface area contributed by atoms with E-state index in [2.05, 4.69) is 25.4 Å². The van der Waals surface area contributed by atoms with Crippen molar-refractivity contribution in [2.75, 3.05) is 12.3 Å². The van der Waals surface area contributed by atoms with E-state index in [0.717, 1.165) is 10.6 Å². The Morgan fingerprint density at radius 3 is 2.72 bits per heavy atom. The average Bonchev–Trinajstić information content (AvgIpc) is 3.05. The van der Waals surface area contributed by atoms with Gasteiger partial charge < -0.3 is 25.8 Å². The second-order valence-corrected chi connectivity index (χ2v) is 11.5. The fourth-order valence-corrected chi connectivity index (χ4v) is 9.28. The molecule has 156 valence electrons. The molecule has 5 N–H and O–H groups in total. The maximum absolute atomic E-state index is 13.6. The lowest BCUT2D eigenvalue weighted by molar-refractivity contribution is -0.429. The minimum atomic E-state index is -2.14. The predicted octanol–water partition coefficient (Wildman–Crippen LogP) is 0.767. The summed E-state index contributed by atoms with van der Waals surface area (Å²) in [7, 11) is 0. The molecular formula is C21H26N2O5S. The minimum absolute atomic E-state index is 0.147. The number of nitrogen functional groups attached to an aromatic ring is 1. The SMILES string of the molecule is C=C1C(=O)[C@]23[C@H](O)[C@H]1CC[C@H]2[C@@]12CO[C@@]3(O)[C@@H](O)[C@@H]1C(C)(C)Cc1sc(N)nc12. The van der Waals surface area contributed by atoms with Crippen molar-refractivity contribution in [3.8, 4) is 0 Å². The fraction of sp³-hybridized carbons (Fsp3) is 0.714. The fourth-order valence-electron chi connectivity index (χ4n) is 8.11. The number of aromatic nitrogens is 1. The van der Waals surface area contributed by atoms with Crippen LogP contribution in [0.25, 0.3) is 0 Å². The Labute approximate surface area is 172 Å². The van der Waals surface area contributed by atoms with Crippen molar-refractivity contribution < 1.29 is 24.9 Å². The van der Waals surface area contributed by atoms with E-state index in [9.17, 15) is 20.1 Å². The molecule has 7 nitrogen and oxygen atoms in total. The van der Waals surface area contributed by atoms with E-state index in [1.54, 1.807) is 0 Å². The molecule has 1 aromatic heterocycles. The molecule has 4 bridgehead atoms. The van der Waals surface area contributed by atoms with Crippen molar-refractivity contribution in [3.05, 3.63) is 22.7 Å². The molecule has 29 heavy (non-hydrogen) atoms. The summed E-state index contributed by atoms with van der Waals surface area (Å²) in [6.07, 6.45) is -0.532. The van der Waals surface area contributed by atoms with Gasteiger partial charge in [-0.3, -0.25) is 4.79 Å². The smallest absolute Gasteiger partial charge is 0.208 e. The molecule has 0 unspecified atom stereocenters. The molecule has 3 heterocycles. The van der Waals surface area contributed by atoms with Crippen LogP contribution in [-0.4, -0.2) is 50.7 Å². The van der Waals surface area contributed by atoms with Crippen LogP contribution >= 0.6 is 11.3 Å². The molecule has 0 radical (unpaired) electrons. The Morgan fingerprint density at radius 2 is 2.00 bits per heavy atom. The van der Waals surface area contributed by atoms with Crippen LogP contribution in [-0.2, 0) is 21.4 Å². The summed E-state index contributed by atoms with van der Waals surface area (Å²) in [6.45, 7) is 8.25. The second kappa shape index (κ2) is 4.94. The van der Waals surface area contributed by atoms with Crippen molar-refractivity contribution in [3.63, 3.8) is 0 Å². The van der Waals surface area contributed by atoms with Gasteiger partial charge in [-0.2, -0.15) is 0 Å². The van der Waals surface area contributed by atoms with Crippen LogP contribution in [0.4, 0.5) is 5.13 Å². The number of thiazole rings is 1. The third kappa shape index (κ3) is 1.60. The molecular weight excluding hydrogens is 392 g/mol. The minimum Gasteiger partial charge on any atom is -0.391 e. The second-order valence-electron chi connectivity index (χ2n) is 10.3. The number of nitrogens with two attached hydrogens (primary N) is 1. The van der Waals surface area contributed by atoms with Crippen LogP contribution in [0.5, 0.6) is 0 Å². The first-order valence-corrected chi connectivity index (χ1v) is 11.1. The first kappa shape index (κ1) is 18.4. The maximum Gasteiger partial charge on any atom is 0.208 e. The molecule has 0 amide bonds. The highest BCUT2D eigenvalue weighted by atomic mass is 32.1. The van der Waals surface area contributed by atoms with E-state index in [4.69, 9.17) is 10.5 Å². The van der Waals surface area contributed by atoms with Crippen LogP contribution in [0.3, 0.4) is 0 Å². The van der Waals surface area contributed by atoms with Crippen molar-refractivity contribution in [2.45, 2.75) is 56.5 Å². The Balaban J connectivity index is 1.71. The van der Waals surface area contributed by atoms with Crippen molar-refractivity contribution in [1.82, 2.24) is 4.98 Å². The van der Waals surface area contributed by atoms with Gasteiger partial charge in [0.15, 0.2) is 10.9 Å². The number of ether oxygens (including phenoxy) is 1. The van der Waals surface area contributed by atoms with Gasteiger partial charge in [0.2, 0.25) is 5.79 Å². The van der Waals surface area contributed by atoms with E-state index in [1.807, 2.05) is 0 Å². The molecule has 6 aliphatic rings. The third-order valence-corrected chi connectivity index (χ3v) is 9.79. The zero-order valence-electron chi connectivity index (χ0n) is 16.5. The van der Waals surface area contributed by atoms with Gasteiger partial charge in [-0.15, -0.1) is 11.3 Å². The van der Waals surface area contributed by atoms with Crippen LogP contribution in [0.15, 0.2) is 12.2 Å². The van der Waals surface area contributed by atoms with Gasteiger partial charge in [-0.25, -0.2) is 4.98 Å². The molecule has 0 aromatic carbocycles. The zero-order valence-corrected chi connectivity index (χ0v) is 17.3. The number of nitrogens with zero attached hydrogens (tertiary/aromatic N) is 1. The summed E-state index contributed by atoms with van der Waals surface area (Å²) in [6, 6.07) is 0. The lowest BCUT2D eigenvalue weighted by Crippen LogP contribution is -2.85. The number of anilines is 1. The molecule has 8 atom stereocenters. The summed E-state index contributed by atoms with van der Waals surface area (Å²) in [5.74, 6) is -3.70. The molecule has 1 aromatic rings. The average molecular weight is 419 g/mol. The highest BCUT2D eigenvalue weighted by Gasteiger charge is 2.86. The molecule has 7 rings (SSSR count). The highest BCUT2D eigenvalue weighted by molar-refractivity contribution is 7.15. The number of carbonyl (C=O) groups excluding carboxylic acids is 1. The molecule has 2 spiro atoms. The Bertz CT molecular complexity index is 990. The van der Waals surface area contributed by atoms with Crippen LogP contribution < -0.4 is 5.73 Å². The van der Waals surface area contributed by atoms with Crippen LogP contribution in [0.2, 0.25) is 0 Å². The van der Waals surface area contributed by atoms with Crippen molar-refractivity contribution >= 4 is 22.3 Å².